The number of hydrogen-bond acceptors (Lipinski definition) is 4. The number of hydrogen-bond donors (Lipinski definition) is 1. The van der Waals surface area contributed by atoms with Gasteiger partial charge in [0.2, 0.25) is 10.0 Å². The molecular weight excluding hydrogens is 276 g/mol. The summed E-state index contributed by atoms with van der Waals surface area (Å²) in [7, 11) is -1.54. The fourth-order valence-corrected chi connectivity index (χ4v) is 5.34. The van der Waals surface area contributed by atoms with Crippen molar-refractivity contribution in [2.24, 2.45) is 0 Å². The molecule has 5 nitrogen and oxygen atoms in total. The maximum absolute atomic E-state index is 12.6. The van der Waals surface area contributed by atoms with Crippen molar-refractivity contribution < 1.29 is 13.2 Å². The molecule has 0 amide bonds. The number of methoxy groups -OCH3 is 1. The third-order valence-corrected chi connectivity index (χ3v) is 6.41. The van der Waals surface area contributed by atoms with Gasteiger partial charge in [-0.05, 0) is 38.5 Å². The summed E-state index contributed by atoms with van der Waals surface area (Å²) >= 11 is 0. The highest BCUT2D eigenvalue weighted by molar-refractivity contribution is 7.89. The second-order valence-corrected chi connectivity index (χ2v) is 8.08. The zero-order valence-electron chi connectivity index (χ0n) is 12.7. The predicted octanol–water partition coefficient (Wildman–Crippen LogP) is 1.35. The highest BCUT2D eigenvalue weighted by Gasteiger charge is 2.39. The quantitative estimate of drug-likeness (QED) is 0.688. The maximum Gasteiger partial charge on any atom is 0.214 e. The lowest BCUT2D eigenvalue weighted by atomic mass is 10.00. The second-order valence-electron chi connectivity index (χ2n) is 6.04. The van der Waals surface area contributed by atoms with E-state index in [-0.39, 0.29) is 11.8 Å². The fourth-order valence-electron chi connectivity index (χ4n) is 3.53. The fraction of sp³-hybridized carbons (Fsp3) is 1.00. The molecule has 2 atom stereocenters. The number of ether oxygens (including phenoxy) is 1. The molecule has 2 fully saturated rings. The van der Waals surface area contributed by atoms with Crippen LogP contribution in [0.5, 0.6) is 0 Å². The van der Waals surface area contributed by atoms with Crippen molar-refractivity contribution in [3.05, 3.63) is 0 Å². The van der Waals surface area contributed by atoms with Crippen molar-refractivity contribution in [2.75, 3.05) is 26.0 Å². The van der Waals surface area contributed by atoms with Gasteiger partial charge in [-0.2, -0.15) is 4.31 Å². The van der Waals surface area contributed by atoms with Crippen molar-refractivity contribution in [1.82, 2.24) is 9.62 Å². The summed E-state index contributed by atoms with van der Waals surface area (Å²) in [6.45, 7) is 3.21. The lowest BCUT2D eigenvalue weighted by Crippen LogP contribution is -2.51. The predicted molar refractivity (Wildman–Crippen MR) is 80.2 cm³/mol. The van der Waals surface area contributed by atoms with E-state index in [2.05, 4.69) is 5.32 Å². The molecule has 2 rings (SSSR count). The Morgan fingerprint density at radius 3 is 2.45 bits per heavy atom. The second kappa shape index (κ2) is 7.20. The number of fused-ring (bicyclic) bond motifs is 2. The number of piperidine rings is 1. The molecule has 0 aromatic heterocycles. The van der Waals surface area contributed by atoms with Crippen molar-refractivity contribution in [1.29, 1.82) is 0 Å². The Balaban J connectivity index is 2.02. The van der Waals surface area contributed by atoms with E-state index in [0.717, 1.165) is 19.3 Å². The summed E-state index contributed by atoms with van der Waals surface area (Å²) in [6.07, 6.45) is 5.80. The zero-order chi connectivity index (χ0) is 14.6. The Morgan fingerprint density at radius 1 is 1.25 bits per heavy atom. The smallest absolute Gasteiger partial charge is 0.214 e. The summed E-state index contributed by atoms with van der Waals surface area (Å²) in [6, 6.07) is 1.24. The molecule has 0 saturated carbocycles. The Labute approximate surface area is 123 Å². The molecule has 6 heteroatoms. The molecule has 0 spiro atoms. The molecular formula is C14H28N2O3S. The average molecular weight is 304 g/mol. The molecule has 2 unspecified atom stereocenters. The van der Waals surface area contributed by atoms with E-state index >= 15 is 0 Å². The van der Waals surface area contributed by atoms with Crippen molar-refractivity contribution in [3.8, 4) is 0 Å². The number of rotatable bonds is 8. The van der Waals surface area contributed by atoms with Crippen LogP contribution in [0.15, 0.2) is 0 Å². The maximum atomic E-state index is 12.6. The van der Waals surface area contributed by atoms with Crippen LogP contribution in [0.2, 0.25) is 0 Å². The highest BCUT2D eigenvalue weighted by atomic mass is 32.2. The van der Waals surface area contributed by atoms with Crippen molar-refractivity contribution in [2.45, 2.75) is 63.6 Å². The first-order chi connectivity index (χ1) is 9.56. The standard InChI is InChI=1S/C14H28N2O3S/c1-3-7-16(20(17,18)9-4-8-19-2)14-10-12-5-6-13(11-14)15-12/h12-15H,3-11H2,1-2H3. The monoisotopic (exact) mass is 304 g/mol. The first-order valence-corrected chi connectivity index (χ1v) is 9.42. The van der Waals surface area contributed by atoms with Crippen molar-refractivity contribution in [3.63, 3.8) is 0 Å². The first kappa shape index (κ1) is 16.2. The van der Waals surface area contributed by atoms with Gasteiger partial charge in [-0.1, -0.05) is 6.92 Å². The van der Waals surface area contributed by atoms with Crippen LogP contribution in [0.4, 0.5) is 0 Å². The molecule has 0 aromatic carbocycles. The van der Waals surface area contributed by atoms with Gasteiger partial charge < -0.3 is 10.1 Å². The number of nitrogens with one attached hydrogen (secondary N) is 1. The van der Waals surface area contributed by atoms with Crippen LogP contribution in [0.25, 0.3) is 0 Å². The average Bonchev–Trinajstić information content (AvgIpc) is 2.75. The normalized spacial score (nSPS) is 30.1. The van der Waals surface area contributed by atoms with E-state index in [1.54, 1.807) is 11.4 Å². The molecule has 20 heavy (non-hydrogen) atoms. The van der Waals surface area contributed by atoms with E-state index in [4.69, 9.17) is 4.74 Å². The summed E-state index contributed by atoms with van der Waals surface area (Å²) in [5.74, 6) is 0.208. The molecule has 2 bridgehead atoms. The van der Waals surface area contributed by atoms with Gasteiger partial charge in [0.25, 0.3) is 0 Å². The van der Waals surface area contributed by atoms with Gasteiger partial charge in [0.1, 0.15) is 0 Å². The van der Waals surface area contributed by atoms with Crippen LogP contribution in [-0.2, 0) is 14.8 Å². The van der Waals surface area contributed by atoms with Crippen LogP contribution < -0.4 is 5.32 Å². The zero-order valence-corrected chi connectivity index (χ0v) is 13.5. The van der Waals surface area contributed by atoms with E-state index in [1.165, 1.54) is 12.8 Å². The molecule has 0 aromatic rings. The van der Waals surface area contributed by atoms with Crippen LogP contribution in [0.1, 0.15) is 45.4 Å². The molecule has 0 radical (unpaired) electrons. The van der Waals surface area contributed by atoms with Crippen LogP contribution in [0.3, 0.4) is 0 Å². The SMILES string of the molecule is CCCN(C1CC2CCC(C1)N2)S(=O)(=O)CCCOC. The van der Waals surface area contributed by atoms with Gasteiger partial charge in [-0.3, -0.25) is 0 Å². The summed E-state index contributed by atoms with van der Waals surface area (Å²) < 4.78 is 31.9. The van der Waals surface area contributed by atoms with E-state index in [0.29, 0.717) is 31.7 Å². The summed E-state index contributed by atoms with van der Waals surface area (Å²) in [4.78, 5) is 0. The minimum atomic E-state index is -3.15. The molecule has 2 aliphatic heterocycles. The Bertz CT molecular complexity index is 387. The molecule has 118 valence electrons. The first-order valence-electron chi connectivity index (χ1n) is 7.81. The topological polar surface area (TPSA) is 58.6 Å². The molecule has 2 saturated heterocycles. The Hall–Kier alpha value is -0.170. The highest BCUT2D eigenvalue weighted by Crippen LogP contribution is 2.31. The summed E-state index contributed by atoms with van der Waals surface area (Å²) in [5, 5.41) is 3.58. The third-order valence-electron chi connectivity index (χ3n) is 4.41. The number of nitrogens with zero attached hydrogens (tertiary/aromatic N) is 1. The largest absolute Gasteiger partial charge is 0.385 e. The van der Waals surface area contributed by atoms with E-state index < -0.39 is 10.0 Å². The van der Waals surface area contributed by atoms with Crippen LogP contribution >= 0.6 is 0 Å². The Morgan fingerprint density at radius 2 is 1.90 bits per heavy atom. The minimum Gasteiger partial charge on any atom is -0.385 e. The van der Waals surface area contributed by atoms with Crippen LogP contribution in [-0.4, -0.2) is 56.9 Å². The van der Waals surface area contributed by atoms with Crippen molar-refractivity contribution >= 4 is 10.0 Å². The lowest BCUT2D eigenvalue weighted by Gasteiger charge is -2.37. The van der Waals surface area contributed by atoms with Gasteiger partial charge >= 0.3 is 0 Å². The molecule has 2 aliphatic rings. The van der Waals surface area contributed by atoms with Gasteiger partial charge in [0, 0.05) is 38.4 Å². The lowest BCUT2D eigenvalue weighted by molar-refractivity contribution is 0.197. The van der Waals surface area contributed by atoms with E-state index in [9.17, 15) is 8.42 Å². The van der Waals surface area contributed by atoms with Gasteiger partial charge in [-0.15, -0.1) is 0 Å². The van der Waals surface area contributed by atoms with Gasteiger partial charge in [0.15, 0.2) is 0 Å². The minimum absolute atomic E-state index is 0.196. The van der Waals surface area contributed by atoms with Crippen LogP contribution in [0, 0.1) is 0 Å². The van der Waals surface area contributed by atoms with Gasteiger partial charge in [0.05, 0.1) is 5.75 Å². The molecule has 0 aliphatic carbocycles. The summed E-state index contributed by atoms with van der Waals surface area (Å²) in [5.41, 5.74) is 0. The van der Waals surface area contributed by atoms with E-state index in [1.807, 2.05) is 6.92 Å². The number of sulfonamides is 1. The van der Waals surface area contributed by atoms with Gasteiger partial charge in [-0.25, -0.2) is 8.42 Å². The third kappa shape index (κ3) is 3.93. The molecule has 2 heterocycles. The Kier molecular flexibility index (Phi) is 5.84. The molecule has 1 N–H and O–H groups in total.